The fourth-order valence-electron chi connectivity index (χ4n) is 2.84. The maximum absolute atomic E-state index is 12.6. The lowest BCUT2D eigenvalue weighted by Gasteiger charge is -2.24. The van der Waals surface area contributed by atoms with Gasteiger partial charge in [-0.25, -0.2) is 4.98 Å². The molecule has 3 heterocycles. The fourth-order valence-corrected chi connectivity index (χ4v) is 3.47. The first-order valence-corrected chi connectivity index (χ1v) is 8.57. The Bertz CT molecular complexity index is 872. The minimum absolute atomic E-state index is 0.0271. The molecule has 0 fully saturated rings. The van der Waals surface area contributed by atoms with Gasteiger partial charge in [-0.2, -0.15) is 0 Å². The molecule has 0 aliphatic carbocycles. The van der Waals surface area contributed by atoms with Crippen molar-refractivity contribution < 1.29 is 9.21 Å². The highest BCUT2D eigenvalue weighted by Crippen LogP contribution is 2.23. The summed E-state index contributed by atoms with van der Waals surface area (Å²) in [7, 11) is 0. The minimum atomic E-state index is -0.0271. The van der Waals surface area contributed by atoms with Crippen LogP contribution in [0, 0.1) is 6.92 Å². The maximum atomic E-state index is 12.6. The molecule has 0 saturated heterocycles. The number of aryl methyl sites for hydroxylation is 1. The zero-order chi connectivity index (χ0) is 16.5. The van der Waals surface area contributed by atoms with Gasteiger partial charge in [-0.1, -0.05) is 34.8 Å². The van der Waals surface area contributed by atoms with Crippen molar-refractivity contribution in [3.8, 4) is 0 Å². The van der Waals surface area contributed by atoms with E-state index in [9.17, 15) is 4.79 Å². The number of benzene rings is 1. The quantitative estimate of drug-likeness (QED) is 0.733. The lowest BCUT2D eigenvalue weighted by atomic mass is 10.1. The third-order valence-corrected chi connectivity index (χ3v) is 4.92. The molecule has 0 N–H and O–H groups in total. The van der Waals surface area contributed by atoms with E-state index in [1.165, 1.54) is 0 Å². The molecule has 1 aliphatic rings. The van der Waals surface area contributed by atoms with E-state index >= 15 is 0 Å². The highest BCUT2D eigenvalue weighted by Gasteiger charge is 2.28. The van der Waals surface area contributed by atoms with Crippen LogP contribution in [0.1, 0.15) is 38.3 Å². The Hall–Kier alpha value is -2.54. The van der Waals surface area contributed by atoms with Gasteiger partial charge >= 0.3 is 0 Å². The van der Waals surface area contributed by atoms with E-state index in [-0.39, 0.29) is 5.91 Å². The van der Waals surface area contributed by atoms with Crippen molar-refractivity contribution in [1.29, 1.82) is 0 Å². The number of carbonyl (C=O) groups excluding carboxylic acids is 1. The van der Waals surface area contributed by atoms with Crippen LogP contribution in [0.4, 0.5) is 0 Å². The summed E-state index contributed by atoms with van der Waals surface area (Å²) in [4.78, 5) is 19.6. The monoisotopic (exact) mass is 340 g/mol. The van der Waals surface area contributed by atoms with Gasteiger partial charge in [0.15, 0.2) is 5.89 Å². The Kier molecular flexibility index (Phi) is 3.86. The number of oxazole rings is 1. The van der Waals surface area contributed by atoms with Crippen molar-refractivity contribution in [2.45, 2.75) is 26.3 Å². The second kappa shape index (κ2) is 6.16. The predicted octanol–water partition coefficient (Wildman–Crippen LogP) is 2.62. The molecule has 2 aromatic heterocycles. The van der Waals surface area contributed by atoms with E-state index < -0.39 is 0 Å². The third kappa shape index (κ3) is 2.82. The number of aromatic nitrogens is 3. The lowest BCUT2D eigenvalue weighted by molar-refractivity contribution is 0.0732. The molecule has 1 aliphatic heterocycles. The summed E-state index contributed by atoms with van der Waals surface area (Å²) in [5, 5.41) is 3.91. The van der Waals surface area contributed by atoms with Crippen molar-refractivity contribution in [2.75, 3.05) is 6.54 Å². The molecule has 4 rings (SSSR count). The standard InChI is InChI=1S/C17H16N4O2S/c1-11-16(24-20-19-11)17(22)21-8-7-14-13(10-21)18-15(23-14)9-12-5-3-2-4-6-12/h2-6H,7-10H2,1H3. The van der Waals surface area contributed by atoms with Crippen LogP contribution in [0.5, 0.6) is 0 Å². The van der Waals surface area contributed by atoms with E-state index in [0.29, 0.717) is 42.4 Å². The van der Waals surface area contributed by atoms with Gasteiger partial charge in [0.25, 0.3) is 5.91 Å². The average Bonchev–Trinajstić information content (AvgIpc) is 3.19. The number of nitrogens with zero attached hydrogens (tertiary/aromatic N) is 4. The largest absolute Gasteiger partial charge is 0.445 e. The summed E-state index contributed by atoms with van der Waals surface area (Å²) in [6, 6.07) is 10.1. The van der Waals surface area contributed by atoms with Gasteiger partial charge in [0.2, 0.25) is 0 Å². The molecule has 0 spiro atoms. The molecule has 0 atom stereocenters. The minimum Gasteiger partial charge on any atom is -0.445 e. The summed E-state index contributed by atoms with van der Waals surface area (Å²) in [6.07, 6.45) is 1.35. The average molecular weight is 340 g/mol. The molecule has 0 saturated carbocycles. The number of hydrogen-bond donors (Lipinski definition) is 0. The second-order valence-corrected chi connectivity index (χ2v) is 6.56. The maximum Gasteiger partial charge on any atom is 0.267 e. The van der Waals surface area contributed by atoms with Crippen molar-refractivity contribution >= 4 is 17.4 Å². The SMILES string of the molecule is Cc1nnsc1C(=O)N1CCc2oc(Cc3ccccc3)nc2C1. The number of carbonyl (C=O) groups is 1. The van der Waals surface area contributed by atoms with Gasteiger partial charge in [-0.15, -0.1) is 5.10 Å². The highest BCUT2D eigenvalue weighted by molar-refractivity contribution is 7.07. The smallest absolute Gasteiger partial charge is 0.267 e. The van der Waals surface area contributed by atoms with Crippen molar-refractivity contribution in [2.24, 2.45) is 0 Å². The molecule has 0 unspecified atom stereocenters. The van der Waals surface area contributed by atoms with Crippen LogP contribution in [-0.2, 0) is 19.4 Å². The number of fused-ring (bicyclic) bond motifs is 1. The molecule has 1 amide bonds. The van der Waals surface area contributed by atoms with E-state index in [1.807, 2.05) is 18.2 Å². The summed E-state index contributed by atoms with van der Waals surface area (Å²) < 4.78 is 9.72. The normalized spacial score (nSPS) is 13.8. The van der Waals surface area contributed by atoms with Gasteiger partial charge in [0, 0.05) is 19.4 Å². The molecule has 6 nitrogen and oxygen atoms in total. The van der Waals surface area contributed by atoms with E-state index in [4.69, 9.17) is 4.42 Å². The van der Waals surface area contributed by atoms with Gasteiger partial charge in [-0.05, 0) is 24.0 Å². The van der Waals surface area contributed by atoms with E-state index in [1.54, 1.807) is 11.8 Å². The first-order valence-electron chi connectivity index (χ1n) is 7.80. The summed E-state index contributed by atoms with van der Waals surface area (Å²) in [6.45, 7) is 2.91. The first kappa shape index (κ1) is 15.0. The predicted molar refractivity (Wildman–Crippen MR) is 88.8 cm³/mol. The Balaban J connectivity index is 1.51. The van der Waals surface area contributed by atoms with Gasteiger partial charge in [0.1, 0.15) is 16.3 Å². The molecular formula is C17H16N4O2S. The second-order valence-electron chi connectivity index (χ2n) is 5.80. The molecule has 122 valence electrons. The molecule has 3 aromatic rings. The highest BCUT2D eigenvalue weighted by atomic mass is 32.1. The molecule has 0 bridgehead atoms. The Morgan fingerprint density at radius 2 is 2.17 bits per heavy atom. The molecule has 0 radical (unpaired) electrons. The summed E-state index contributed by atoms with van der Waals surface area (Å²) in [5.74, 6) is 1.57. The van der Waals surface area contributed by atoms with Crippen LogP contribution in [0.3, 0.4) is 0 Å². The van der Waals surface area contributed by atoms with Crippen molar-refractivity contribution in [3.05, 3.63) is 63.8 Å². The van der Waals surface area contributed by atoms with Crippen LogP contribution < -0.4 is 0 Å². The molecule has 7 heteroatoms. The van der Waals surface area contributed by atoms with Crippen LogP contribution in [0.25, 0.3) is 0 Å². The Morgan fingerprint density at radius 3 is 2.92 bits per heavy atom. The molecule has 1 aromatic carbocycles. The summed E-state index contributed by atoms with van der Waals surface area (Å²) in [5.41, 5.74) is 2.70. The van der Waals surface area contributed by atoms with Crippen LogP contribution in [0.2, 0.25) is 0 Å². The van der Waals surface area contributed by atoms with Crippen LogP contribution in [0.15, 0.2) is 34.7 Å². The van der Waals surface area contributed by atoms with E-state index in [2.05, 4.69) is 26.7 Å². The van der Waals surface area contributed by atoms with Crippen molar-refractivity contribution in [1.82, 2.24) is 19.5 Å². The van der Waals surface area contributed by atoms with Gasteiger partial charge < -0.3 is 9.32 Å². The van der Waals surface area contributed by atoms with E-state index in [0.717, 1.165) is 28.6 Å². The van der Waals surface area contributed by atoms with Gasteiger partial charge in [0.05, 0.1) is 12.2 Å². The Morgan fingerprint density at radius 1 is 1.33 bits per heavy atom. The zero-order valence-electron chi connectivity index (χ0n) is 13.2. The number of hydrogen-bond acceptors (Lipinski definition) is 6. The number of amides is 1. The topological polar surface area (TPSA) is 72.1 Å². The molecule has 24 heavy (non-hydrogen) atoms. The molecular weight excluding hydrogens is 324 g/mol. The first-order chi connectivity index (χ1) is 11.7. The number of rotatable bonds is 3. The fraction of sp³-hybridized carbons (Fsp3) is 0.294. The lowest BCUT2D eigenvalue weighted by Crippen LogP contribution is -2.35. The van der Waals surface area contributed by atoms with Crippen molar-refractivity contribution in [3.63, 3.8) is 0 Å². The summed E-state index contributed by atoms with van der Waals surface area (Å²) >= 11 is 1.14. The zero-order valence-corrected chi connectivity index (χ0v) is 14.0. The van der Waals surface area contributed by atoms with Crippen LogP contribution in [-0.4, -0.2) is 31.9 Å². The Labute approximate surface area is 143 Å². The van der Waals surface area contributed by atoms with Gasteiger partial charge in [-0.3, -0.25) is 4.79 Å². The van der Waals surface area contributed by atoms with Crippen LogP contribution >= 0.6 is 11.5 Å². The third-order valence-electron chi connectivity index (χ3n) is 4.10.